The van der Waals surface area contributed by atoms with Crippen LogP contribution in [0.25, 0.3) is 10.2 Å². The smallest absolute Gasteiger partial charge is 0.141 e. The first-order chi connectivity index (χ1) is 10.2. The molecule has 2 fully saturated rings. The van der Waals surface area contributed by atoms with Gasteiger partial charge < -0.3 is 10.6 Å². The van der Waals surface area contributed by atoms with Crippen molar-refractivity contribution in [1.29, 1.82) is 0 Å². The molecule has 112 valence electrons. The Morgan fingerprint density at radius 3 is 2.81 bits per heavy atom. The van der Waals surface area contributed by atoms with E-state index in [0.717, 1.165) is 23.0 Å². The average Bonchev–Trinajstić information content (AvgIpc) is 3.15. The lowest BCUT2D eigenvalue weighted by molar-refractivity contribution is 0.550. The van der Waals surface area contributed by atoms with E-state index >= 15 is 0 Å². The van der Waals surface area contributed by atoms with Crippen LogP contribution in [-0.2, 0) is 6.42 Å². The van der Waals surface area contributed by atoms with E-state index in [1.807, 2.05) is 0 Å². The van der Waals surface area contributed by atoms with Gasteiger partial charge >= 0.3 is 0 Å². The van der Waals surface area contributed by atoms with Crippen LogP contribution in [0, 0.1) is 19.8 Å². The van der Waals surface area contributed by atoms with Gasteiger partial charge in [-0.2, -0.15) is 0 Å². The van der Waals surface area contributed by atoms with E-state index in [0.29, 0.717) is 12.6 Å². The Morgan fingerprint density at radius 1 is 1.29 bits per heavy atom. The summed E-state index contributed by atoms with van der Waals surface area (Å²) in [6.45, 7) is 6.18. The predicted molar refractivity (Wildman–Crippen MR) is 88.1 cm³/mol. The van der Waals surface area contributed by atoms with E-state index in [1.165, 1.54) is 47.5 Å². The van der Waals surface area contributed by atoms with Crippen molar-refractivity contribution in [2.75, 3.05) is 18.0 Å². The number of nitrogens with two attached hydrogens (primary N) is 1. The zero-order chi connectivity index (χ0) is 14.6. The van der Waals surface area contributed by atoms with Crippen molar-refractivity contribution in [3.05, 3.63) is 16.3 Å². The summed E-state index contributed by atoms with van der Waals surface area (Å²) >= 11 is 1.79. The monoisotopic (exact) mass is 302 g/mol. The van der Waals surface area contributed by atoms with Crippen molar-refractivity contribution in [3.8, 4) is 0 Å². The summed E-state index contributed by atoms with van der Waals surface area (Å²) in [5, 5.41) is 1.28. The van der Waals surface area contributed by atoms with Crippen LogP contribution in [0.1, 0.15) is 35.5 Å². The van der Waals surface area contributed by atoms with E-state index in [-0.39, 0.29) is 0 Å². The molecule has 0 spiro atoms. The van der Waals surface area contributed by atoms with Crippen LogP contribution in [0.5, 0.6) is 0 Å². The van der Waals surface area contributed by atoms with E-state index in [9.17, 15) is 0 Å². The number of aromatic nitrogens is 2. The molecular weight excluding hydrogens is 280 g/mol. The van der Waals surface area contributed by atoms with Gasteiger partial charge in [-0.15, -0.1) is 11.3 Å². The Bertz CT molecular complexity index is 693. The van der Waals surface area contributed by atoms with E-state index < -0.39 is 0 Å². The Hall–Kier alpha value is -1.20. The largest absolute Gasteiger partial charge is 0.353 e. The Morgan fingerprint density at radius 2 is 2.14 bits per heavy atom. The minimum absolute atomic E-state index is 0.611. The maximum Gasteiger partial charge on any atom is 0.141 e. The highest BCUT2D eigenvalue weighted by molar-refractivity contribution is 7.18. The number of hydrogen-bond acceptors (Lipinski definition) is 5. The third-order valence-corrected chi connectivity index (χ3v) is 6.21. The van der Waals surface area contributed by atoms with Crippen molar-refractivity contribution >= 4 is 27.4 Å². The van der Waals surface area contributed by atoms with Crippen LogP contribution in [0.2, 0.25) is 0 Å². The molecule has 3 heterocycles. The van der Waals surface area contributed by atoms with Gasteiger partial charge in [0.1, 0.15) is 16.5 Å². The van der Waals surface area contributed by atoms with Gasteiger partial charge in [0, 0.05) is 23.9 Å². The molecule has 2 aromatic heterocycles. The molecule has 5 heteroatoms. The highest BCUT2D eigenvalue weighted by Crippen LogP contribution is 2.43. The first-order valence-electron chi connectivity index (χ1n) is 7.90. The van der Waals surface area contributed by atoms with Crippen LogP contribution in [-0.4, -0.2) is 29.1 Å². The molecule has 4 nitrogen and oxygen atoms in total. The molecule has 0 amide bonds. The van der Waals surface area contributed by atoms with E-state index in [2.05, 4.69) is 18.7 Å². The minimum atomic E-state index is 0.611. The molecule has 4 rings (SSSR count). The molecule has 2 aromatic rings. The molecule has 0 aromatic carbocycles. The highest BCUT2D eigenvalue weighted by Gasteiger charge is 2.39. The number of piperidine rings is 1. The lowest BCUT2D eigenvalue weighted by Gasteiger charge is -2.29. The van der Waals surface area contributed by atoms with Gasteiger partial charge in [0.05, 0.1) is 5.39 Å². The van der Waals surface area contributed by atoms with Gasteiger partial charge in [0.25, 0.3) is 0 Å². The van der Waals surface area contributed by atoms with Crippen molar-refractivity contribution in [2.45, 2.75) is 45.6 Å². The molecular formula is C16H22N4S. The van der Waals surface area contributed by atoms with Gasteiger partial charge in [-0.3, -0.25) is 0 Å². The number of fused-ring (bicyclic) bond motifs is 3. The molecule has 1 saturated carbocycles. The van der Waals surface area contributed by atoms with Crippen LogP contribution in [0.3, 0.4) is 0 Å². The zero-order valence-corrected chi connectivity index (χ0v) is 13.5. The summed E-state index contributed by atoms with van der Waals surface area (Å²) in [5.74, 6) is 2.96. The fraction of sp³-hybridized carbons (Fsp3) is 0.625. The number of aryl methyl sites for hydroxylation is 2. The maximum absolute atomic E-state index is 5.71. The molecule has 1 saturated heterocycles. The fourth-order valence-electron chi connectivity index (χ4n) is 3.90. The van der Waals surface area contributed by atoms with E-state index in [1.54, 1.807) is 11.3 Å². The van der Waals surface area contributed by atoms with Gasteiger partial charge in [0.15, 0.2) is 0 Å². The molecule has 2 N–H and O–H groups in total. The number of nitrogens with zero attached hydrogens (tertiary/aromatic N) is 3. The number of thiophene rings is 1. The first kappa shape index (κ1) is 13.5. The Balaban J connectivity index is 1.88. The van der Waals surface area contributed by atoms with Crippen LogP contribution < -0.4 is 10.6 Å². The Kier molecular flexibility index (Phi) is 3.15. The summed E-state index contributed by atoms with van der Waals surface area (Å²) in [6, 6.07) is 0.693. The van der Waals surface area contributed by atoms with Crippen molar-refractivity contribution in [1.82, 2.24) is 9.97 Å². The number of anilines is 1. The summed E-state index contributed by atoms with van der Waals surface area (Å²) < 4.78 is 0. The maximum atomic E-state index is 5.71. The molecule has 0 radical (unpaired) electrons. The second-order valence-corrected chi connectivity index (χ2v) is 7.65. The molecule has 2 atom stereocenters. The molecule has 2 aliphatic rings. The van der Waals surface area contributed by atoms with E-state index in [4.69, 9.17) is 15.7 Å². The fourth-order valence-corrected chi connectivity index (χ4v) is 4.95. The summed E-state index contributed by atoms with van der Waals surface area (Å²) in [4.78, 5) is 14.7. The summed E-state index contributed by atoms with van der Waals surface area (Å²) in [5.41, 5.74) is 7.07. The number of hydrogen-bond donors (Lipinski definition) is 1. The molecule has 0 unspecified atom stereocenters. The second-order valence-electron chi connectivity index (χ2n) is 6.45. The summed E-state index contributed by atoms with van der Waals surface area (Å²) in [7, 11) is 0. The lowest BCUT2D eigenvalue weighted by Crippen LogP contribution is -2.33. The van der Waals surface area contributed by atoms with Crippen LogP contribution >= 0.6 is 11.3 Å². The minimum Gasteiger partial charge on any atom is -0.353 e. The van der Waals surface area contributed by atoms with Crippen molar-refractivity contribution in [2.24, 2.45) is 11.7 Å². The topological polar surface area (TPSA) is 55.0 Å². The van der Waals surface area contributed by atoms with Crippen LogP contribution in [0.4, 0.5) is 5.82 Å². The summed E-state index contributed by atoms with van der Waals surface area (Å²) in [6.07, 6.45) is 4.83. The van der Waals surface area contributed by atoms with Crippen molar-refractivity contribution < 1.29 is 0 Å². The quantitative estimate of drug-likeness (QED) is 0.947. The first-order valence-corrected chi connectivity index (χ1v) is 8.72. The SMILES string of the molecule is Cc1sc2nc(CCN)nc(N3C[C@@H]4CC[C@H]3C4)c2c1C. The molecule has 1 aliphatic carbocycles. The zero-order valence-electron chi connectivity index (χ0n) is 12.7. The normalized spacial score (nSPS) is 24.4. The highest BCUT2D eigenvalue weighted by atomic mass is 32.1. The average molecular weight is 302 g/mol. The third kappa shape index (κ3) is 2.06. The van der Waals surface area contributed by atoms with Gasteiger partial charge in [0.2, 0.25) is 0 Å². The second kappa shape index (κ2) is 4.92. The van der Waals surface area contributed by atoms with Gasteiger partial charge in [-0.25, -0.2) is 9.97 Å². The van der Waals surface area contributed by atoms with Crippen LogP contribution in [0.15, 0.2) is 0 Å². The molecule has 21 heavy (non-hydrogen) atoms. The molecule has 1 aliphatic heterocycles. The predicted octanol–water partition coefficient (Wildman–Crippen LogP) is 2.80. The standard InChI is InChI=1S/C16H22N4S/c1-9-10(2)21-16-14(9)15(18-13(19-16)5-6-17)20-8-11-3-4-12(20)7-11/h11-12H,3-8,17H2,1-2H3/t11-,12+/m1/s1. The lowest BCUT2D eigenvalue weighted by atomic mass is 10.1. The van der Waals surface area contributed by atoms with Gasteiger partial charge in [-0.1, -0.05) is 0 Å². The Labute approximate surface area is 129 Å². The van der Waals surface area contributed by atoms with Crippen molar-refractivity contribution in [3.63, 3.8) is 0 Å². The molecule has 2 bridgehead atoms. The van der Waals surface area contributed by atoms with Gasteiger partial charge in [-0.05, 0) is 51.1 Å². The number of rotatable bonds is 3. The third-order valence-electron chi connectivity index (χ3n) is 5.11.